The minimum absolute atomic E-state index is 0.176. The monoisotopic (exact) mass is 344 g/mol. The standard InChI is InChI=1S/C15H28N4O5/c1-4-19-7-5-15(6-8-19,14(23)16-9-11(20)21)17-13(22)12(18-24)10(2)3/h10,12,18,24H,4-9H2,1-3H3,(H,16,23)(H,17,22)(H,20,21)/t12-/m0/s1. The predicted octanol–water partition coefficient (Wildman–Crippen LogP) is -0.839. The Balaban J connectivity index is 2.91. The molecule has 1 heterocycles. The molecule has 1 aliphatic rings. The van der Waals surface area contributed by atoms with Crippen LogP contribution in [-0.2, 0) is 14.4 Å². The van der Waals surface area contributed by atoms with E-state index in [4.69, 9.17) is 5.11 Å². The van der Waals surface area contributed by atoms with Crippen molar-refractivity contribution < 1.29 is 24.7 Å². The molecule has 1 fully saturated rings. The van der Waals surface area contributed by atoms with E-state index in [-0.39, 0.29) is 5.92 Å². The van der Waals surface area contributed by atoms with Gasteiger partial charge >= 0.3 is 5.97 Å². The number of hydrogen-bond acceptors (Lipinski definition) is 6. The maximum Gasteiger partial charge on any atom is 0.322 e. The van der Waals surface area contributed by atoms with Crippen molar-refractivity contribution in [2.24, 2.45) is 5.92 Å². The van der Waals surface area contributed by atoms with Crippen molar-refractivity contribution in [2.45, 2.75) is 45.2 Å². The highest BCUT2D eigenvalue weighted by atomic mass is 16.5. The molecule has 9 nitrogen and oxygen atoms in total. The van der Waals surface area contributed by atoms with E-state index >= 15 is 0 Å². The lowest BCUT2D eigenvalue weighted by atomic mass is 9.85. The van der Waals surface area contributed by atoms with Gasteiger partial charge in [0.2, 0.25) is 11.8 Å². The number of nitrogens with zero attached hydrogens (tertiary/aromatic N) is 1. The van der Waals surface area contributed by atoms with Crippen molar-refractivity contribution in [3.05, 3.63) is 0 Å². The third kappa shape index (κ3) is 5.15. The maximum atomic E-state index is 12.5. The van der Waals surface area contributed by atoms with Gasteiger partial charge in [0.1, 0.15) is 18.1 Å². The highest BCUT2D eigenvalue weighted by molar-refractivity contribution is 5.94. The summed E-state index contributed by atoms with van der Waals surface area (Å²) in [6.45, 7) is 7.13. The van der Waals surface area contributed by atoms with Crippen molar-refractivity contribution in [1.29, 1.82) is 0 Å². The molecule has 5 N–H and O–H groups in total. The zero-order valence-corrected chi connectivity index (χ0v) is 14.5. The number of likely N-dealkylation sites (tertiary alicyclic amines) is 1. The molecule has 0 aromatic carbocycles. The van der Waals surface area contributed by atoms with Gasteiger partial charge in [-0.1, -0.05) is 20.8 Å². The Labute approximate surface area is 141 Å². The van der Waals surface area contributed by atoms with Crippen LogP contribution in [0.3, 0.4) is 0 Å². The Morgan fingerprint density at radius 2 is 1.79 bits per heavy atom. The highest BCUT2D eigenvalue weighted by Gasteiger charge is 2.43. The van der Waals surface area contributed by atoms with Crippen LogP contribution in [0.25, 0.3) is 0 Å². The van der Waals surface area contributed by atoms with Crippen molar-refractivity contribution in [3.8, 4) is 0 Å². The van der Waals surface area contributed by atoms with E-state index in [0.29, 0.717) is 25.9 Å². The molecule has 24 heavy (non-hydrogen) atoms. The van der Waals surface area contributed by atoms with Crippen LogP contribution in [0.4, 0.5) is 0 Å². The van der Waals surface area contributed by atoms with E-state index in [1.165, 1.54) is 0 Å². The van der Waals surface area contributed by atoms with Gasteiger partial charge in [-0.2, -0.15) is 5.48 Å². The van der Waals surface area contributed by atoms with E-state index in [2.05, 4.69) is 15.5 Å². The van der Waals surface area contributed by atoms with Gasteiger partial charge in [-0.05, 0) is 25.3 Å². The topological polar surface area (TPSA) is 131 Å². The Morgan fingerprint density at radius 1 is 1.21 bits per heavy atom. The van der Waals surface area contributed by atoms with Crippen molar-refractivity contribution in [3.63, 3.8) is 0 Å². The lowest BCUT2D eigenvalue weighted by molar-refractivity contribution is -0.141. The van der Waals surface area contributed by atoms with E-state index in [1.54, 1.807) is 13.8 Å². The van der Waals surface area contributed by atoms with E-state index in [0.717, 1.165) is 6.54 Å². The smallest absolute Gasteiger partial charge is 0.322 e. The molecule has 138 valence electrons. The lowest BCUT2D eigenvalue weighted by Gasteiger charge is -2.41. The van der Waals surface area contributed by atoms with Crippen LogP contribution < -0.4 is 16.1 Å². The second kappa shape index (κ2) is 8.95. The minimum Gasteiger partial charge on any atom is -0.480 e. The molecule has 2 amide bonds. The first-order chi connectivity index (χ1) is 11.3. The number of hydrogen-bond donors (Lipinski definition) is 5. The fraction of sp³-hybridized carbons (Fsp3) is 0.800. The summed E-state index contributed by atoms with van der Waals surface area (Å²) in [7, 11) is 0. The lowest BCUT2D eigenvalue weighted by Crippen LogP contribution is -2.66. The number of amides is 2. The zero-order chi connectivity index (χ0) is 18.3. The molecule has 0 unspecified atom stereocenters. The first-order valence-corrected chi connectivity index (χ1v) is 8.19. The second-order valence-corrected chi connectivity index (χ2v) is 6.43. The first-order valence-electron chi connectivity index (χ1n) is 8.19. The summed E-state index contributed by atoms with van der Waals surface area (Å²) in [4.78, 5) is 37.8. The fourth-order valence-electron chi connectivity index (χ4n) is 2.81. The van der Waals surface area contributed by atoms with Crippen molar-refractivity contribution in [2.75, 3.05) is 26.2 Å². The maximum absolute atomic E-state index is 12.5. The van der Waals surface area contributed by atoms with E-state index < -0.39 is 35.9 Å². The van der Waals surface area contributed by atoms with Gasteiger partial charge < -0.3 is 25.8 Å². The van der Waals surface area contributed by atoms with E-state index in [1.807, 2.05) is 12.4 Å². The predicted molar refractivity (Wildman–Crippen MR) is 86.4 cm³/mol. The van der Waals surface area contributed by atoms with Gasteiger partial charge in [0.05, 0.1) is 0 Å². The Bertz CT molecular complexity index is 461. The summed E-state index contributed by atoms with van der Waals surface area (Å²) in [5.41, 5.74) is 0.804. The number of carboxylic acid groups (broad SMARTS) is 1. The molecule has 9 heteroatoms. The fourth-order valence-corrected chi connectivity index (χ4v) is 2.81. The van der Waals surface area contributed by atoms with Crippen LogP contribution in [0.1, 0.15) is 33.6 Å². The molecule has 0 bridgehead atoms. The molecule has 0 aromatic heterocycles. The molecule has 0 spiro atoms. The van der Waals surface area contributed by atoms with Gasteiger partial charge in [0, 0.05) is 13.1 Å². The number of piperidine rings is 1. The van der Waals surface area contributed by atoms with Crippen LogP contribution in [0, 0.1) is 5.92 Å². The van der Waals surface area contributed by atoms with Crippen molar-refractivity contribution >= 4 is 17.8 Å². The summed E-state index contributed by atoms with van der Waals surface area (Å²) < 4.78 is 0. The van der Waals surface area contributed by atoms with E-state index in [9.17, 15) is 19.6 Å². The molecule has 1 aliphatic heterocycles. The minimum atomic E-state index is -1.16. The Hall–Kier alpha value is -1.71. The molecule has 0 aliphatic carbocycles. The quantitative estimate of drug-likeness (QED) is 0.363. The molecule has 1 saturated heterocycles. The molecule has 0 saturated carbocycles. The molecule has 0 aromatic rings. The average molecular weight is 344 g/mol. The summed E-state index contributed by atoms with van der Waals surface area (Å²) in [6, 6.07) is -0.849. The average Bonchev–Trinajstić information content (AvgIpc) is 2.53. The first kappa shape index (κ1) is 20.3. The summed E-state index contributed by atoms with van der Waals surface area (Å²) in [6.07, 6.45) is 0.766. The van der Waals surface area contributed by atoms with Crippen LogP contribution in [0.5, 0.6) is 0 Å². The van der Waals surface area contributed by atoms with Gasteiger partial charge in [0.15, 0.2) is 0 Å². The van der Waals surface area contributed by atoms with Crippen molar-refractivity contribution in [1.82, 2.24) is 21.0 Å². The SMILES string of the molecule is CCN1CCC(NC(=O)[C@@H](NO)C(C)C)(C(=O)NCC(=O)O)CC1. The second-order valence-electron chi connectivity index (χ2n) is 6.43. The third-order valence-corrected chi connectivity index (χ3v) is 4.44. The Kier molecular flexibility index (Phi) is 7.59. The van der Waals surface area contributed by atoms with Crippen LogP contribution >= 0.6 is 0 Å². The highest BCUT2D eigenvalue weighted by Crippen LogP contribution is 2.23. The third-order valence-electron chi connectivity index (χ3n) is 4.44. The summed E-state index contributed by atoms with van der Waals surface area (Å²) in [5, 5.41) is 23.0. The number of rotatable bonds is 8. The van der Waals surface area contributed by atoms with Gasteiger partial charge in [-0.3, -0.25) is 14.4 Å². The van der Waals surface area contributed by atoms with Gasteiger partial charge in [0.25, 0.3) is 0 Å². The molecular weight excluding hydrogens is 316 g/mol. The largest absolute Gasteiger partial charge is 0.480 e. The number of hydroxylamine groups is 1. The number of carbonyl (C=O) groups excluding carboxylic acids is 2. The van der Waals surface area contributed by atoms with Crippen LogP contribution in [0.15, 0.2) is 0 Å². The van der Waals surface area contributed by atoms with Crippen LogP contribution in [0.2, 0.25) is 0 Å². The molecule has 1 rings (SSSR count). The number of carboxylic acids is 1. The van der Waals surface area contributed by atoms with Gasteiger partial charge in [-0.25, -0.2) is 0 Å². The van der Waals surface area contributed by atoms with Crippen LogP contribution in [-0.4, -0.2) is 70.8 Å². The number of aliphatic carboxylic acids is 1. The molecule has 1 atom stereocenters. The summed E-state index contributed by atoms with van der Waals surface area (Å²) in [5.74, 6) is -2.31. The molecular formula is C15H28N4O5. The summed E-state index contributed by atoms with van der Waals surface area (Å²) >= 11 is 0. The Morgan fingerprint density at radius 3 is 2.21 bits per heavy atom. The van der Waals surface area contributed by atoms with Gasteiger partial charge in [-0.15, -0.1) is 0 Å². The number of carbonyl (C=O) groups is 3. The normalized spacial score (nSPS) is 18.9. The zero-order valence-electron chi connectivity index (χ0n) is 14.5. The molecule has 0 radical (unpaired) electrons. The number of nitrogens with one attached hydrogen (secondary N) is 3.